The Morgan fingerprint density at radius 1 is 0.850 bits per heavy atom. The second-order valence-electron chi connectivity index (χ2n) is 4.59. The van der Waals surface area contributed by atoms with Gasteiger partial charge in [-0.25, -0.2) is 0 Å². The molecule has 2 nitrogen and oxygen atoms in total. The van der Waals surface area contributed by atoms with Gasteiger partial charge < -0.3 is 9.47 Å². The van der Waals surface area contributed by atoms with Crippen LogP contribution in [0.3, 0.4) is 0 Å². The maximum atomic E-state index is 5.84. The Morgan fingerprint density at radius 3 is 2.05 bits per heavy atom. The van der Waals surface area contributed by atoms with E-state index in [2.05, 4.69) is 6.92 Å². The summed E-state index contributed by atoms with van der Waals surface area (Å²) in [5.74, 6) is 1.72. The Kier molecular flexibility index (Phi) is 5.75. The van der Waals surface area contributed by atoms with Crippen LogP contribution in [0.15, 0.2) is 48.5 Å². The van der Waals surface area contributed by atoms with Crippen molar-refractivity contribution in [2.45, 2.75) is 26.4 Å². The van der Waals surface area contributed by atoms with E-state index in [1.807, 2.05) is 48.5 Å². The number of unbranched alkanes of at least 4 members (excludes halogenated alkanes) is 1. The lowest BCUT2D eigenvalue weighted by Crippen LogP contribution is -1.97. The van der Waals surface area contributed by atoms with Crippen LogP contribution in [0, 0.1) is 0 Å². The third kappa shape index (κ3) is 4.78. The van der Waals surface area contributed by atoms with E-state index in [4.69, 9.17) is 21.1 Å². The van der Waals surface area contributed by atoms with Crippen LogP contribution in [-0.4, -0.2) is 6.61 Å². The fraction of sp³-hybridized carbons (Fsp3) is 0.294. The van der Waals surface area contributed by atoms with E-state index in [1.165, 1.54) is 0 Å². The molecule has 0 amide bonds. The van der Waals surface area contributed by atoms with E-state index in [0.29, 0.717) is 6.61 Å². The van der Waals surface area contributed by atoms with Crippen molar-refractivity contribution in [1.82, 2.24) is 0 Å². The van der Waals surface area contributed by atoms with Crippen molar-refractivity contribution in [3.63, 3.8) is 0 Å². The zero-order valence-electron chi connectivity index (χ0n) is 11.6. The molecule has 0 bridgehead atoms. The molecule has 2 aromatic carbocycles. The number of halogens is 1. The summed E-state index contributed by atoms with van der Waals surface area (Å²) in [7, 11) is 0. The minimum atomic E-state index is 0.535. The molecule has 0 atom stereocenters. The molecule has 2 aromatic rings. The van der Waals surface area contributed by atoms with Gasteiger partial charge in [0.25, 0.3) is 0 Å². The third-order valence-corrected chi connectivity index (χ3v) is 3.16. The quantitative estimate of drug-likeness (QED) is 0.661. The fourth-order valence-corrected chi connectivity index (χ4v) is 1.84. The first-order chi connectivity index (χ1) is 9.78. The van der Waals surface area contributed by atoms with Crippen LogP contribution in [0.2, 0.25) is 5.02 Å². The molecule has 0 saturated heterocycles. The van der Waals surface area contributed by atoms with Crippen LogP contribution in [0.4, 0.5) is 0 Å². The molecular weight excluding hydrogens is 272 g/mol. The minimum absolute atomic E-state index is 0.535. The molecule has 0 unspecified atom stereocenters. The molecule has 0 spiro atoms. The maximum absolute atomic E-state index is 5.84. The van der Waals surface area contributed by atoms with Gasteiger partial charge in [-0.3, -0.25) is 0 Å². The molecule has 0 aromatic heterocycles. The highest BCUT2D eigenvalue weighted by Gasteiger charge is 1.98. The average Bonchev–Trinajstić information content (AvgIpc) is 2.48. The normalized spacial score (nSPS) is 10.3. The number of ether oxygens (including phenoxy) is 2. The van der Waals surface area contributed by atoms with E-state index in [9.17, 15) is 0 Å². The van der Waals surface area contributed by atoms with Crippen molar-refractivity contribution in [2.24, 2.45) is 0 Å². The minimum Gasteiger partial charge on any atom is -0.494 e. The summed E-state index contributed by atoms with van der Waals surface area (Å²) in [4.78, 5) is 0. The summed E-state index contributed by atoms with van der Waals surface area (Å²) < 4.78 is 11.3. The Balaban J connectivity index is 1.82. The van der Waals surface area contributed by atoms with Gasteiger partial charge in [0, 0.05) is 5.02 Å². The van der Waals surface area contributed by atoms with Crippen molar-refractivity contribution in [3.8, 4) is 11.5 Å². The van der Waals surface area contributed by atoms with E-state index in [1.54, 1.807) is 0 Å². The van der Waals surface area contributed by atoms with Crippen molar-refractivity contribution in [2.75, 3.05) is 6.61 Å². The van der Waals surface area contributed by atoms with Crippen molar-refractivity contribution in [1.29, 1.82) is 0 Å². The summed E-state index contributed by atoms with van der Waals surface area (Å²) in [6.07, 6.45) is 2.22. The average molecular weight is 291 g/mol. The fourth-order valence-electron chi connectivity index (χ4n) is 1.71. The van der Waals surface area contributed by atoms with Crippen LogP contribution in [0.1, 0.15) is 25.3 Å². The van der Waals surface area contributed by atoms with Crippen LogP contribution in [-0.2, 0) is 6.61 Å². The summed E-state index contributed by atoms with van der Waals surface area (Å²) in [5.41, 5.74) is 1.10. The van der Waals surface area contributed by atoms with E-state index < -0.39 is 0 Å². The lowest BCUT2D eigenvalue weighted by atomic mass is 10.2. The first kappa shape index (κ1) is 14.7. The monoisotopic (exact) mass is 290 g/mol. The summed E-state index contributed by atoms with van der Waals surface area (Å²) in [6.45, 7) is 3.45. The predicted molar refractivity (Wildman–Crippen MR) is 82.6 cm³/mol. The number of hydrogen-bond donors (Lipinski definition) is 0. The van der Waals surface area contributed by atoms with Gasteiger partial charge in [-0.1, -0.05) is 37.1 Å². The number of benzene rings is 2. The molecule has 0 aliphatic carbocycles. The molecule has 0 radical (unpaired) electrons. The zero-order chi connectivity index (χ0) is 14.2. The summed E-state index contributed by atoms with van der Waals surface area (Å²) >= 11 is 5.84. The molecule has 2 rings (SSSR count). The topological polar surface area (TPSA) is 18.5 Å². The Morgan fingerprint density at radius 2 is 1.45 bits per heavy atom. The molecule has 0 fully saturated rings. The summed E-state index contributed by atoms with van der Waals surface area (Å²) in [5, 5.41) is 0.738. The van der Waals surface area contributed by atoms with Crippen LogP contribution >= 0.6 is 11.6 Å². The first-order valence-electron chi connectivity index (χ1n) is 6.88. The standard InChI is InChI=1S/C17H19ClO2/c1-2-3-12-19-16-8-10-17(11-9-16)20-13-14-4-6-15(18)7-5-14/h4-11H,2-3,12-13H2,1H3. The highest BCUT2D eigenvalue weighted by atomic mass is 35.5. The lowest BCUT2D eigenvalue weighted by molar-refractivity contribution is 0.299. The molecule has 0 heterocycles. The van der Waals surface area contributed by atoms with Gasteiger partial charge in [0.05, 0.1) is 6.61 Å². The van der Waals surface area contributed by atoms with Gasteiger partial charge in [-0.15, -0.1) is 0 Å². The zero-order valence-corrected chi connectivity index (χ0v) is 12.4. The van der Waals surface area contributed by atoms with Gasteiger partial charge >= 0.3 is 0 Å². The Labute approximate surface area is 125 Å². The van der Waals surface area contributed by atoms with Crippen molar-refractivity contribution in [3.05, 3.63) is 59.1 Å². The molecule has 0 aliphatic heterocycles. The summed E-state index contributed by atoms with van der Waals surface area (Å²) in [6, 6.07) is 15.4. The molecular formula is C17H19ClO2. The first-order valence-corrected chi connectivity index (χ1v) is 7.26. The maximum Gasteiger partial charge on any atom is 0.120 e. The second kappa shape index (κ2) is 7.81. The molecule has 20 heavy (non-hydrogen) atoms. The Bertz CT molecular complexity index is 506. The molecule has 0 N–H and O–H groups in total. The Hall–Kier alpha value is -1.67. The molecule has 3 heteroatoms. The van der Waals surface area contributed by atoms with Crippen LogP contribution < -0.4 is 9.47 Å². The van der Waals surface area contributed by atoms with Gasteiger partial charge in [0.1, 0.15) is 18.1 Å². The third-order valence-electron chi connectivity index (χ3n) is 2.91. The van der Waals surface area contributed by atoms with Crippen molar-refractivity contribution < 1.29 is 9.47 Å². The highest BCUT2D eigenvalue weighted by molar-refractivity contribution is 6.30. The van der Waals surface area contributed by atoms with Gasteiger partial charge in [-0.05, 0) is 48.4 Å². The number of rotatable bonds is 7. The van der Waals surface area contributed by atoms with E-state index in [-0.39, 0.29) is 0 Å². The predicted octanol–water partition coefficient (Wildman–Crippen LogP) is 5.10. The smallest absolute Gasteiger partial charge is 0.120 e. The highest BCUT2D eigenvalue weighted by Crippen LogP contribution is 2.19. The van der Waals surface area contributed by atoms with Crippen LogP contribution in [0.5, 0.6) is 11.5 Å². The molecule has 0 saturated carbocycles. The SMILES string of the molecule is CCCCOc1ccc(OCc2ccc(Cl)cc2)cc1. The lowest BCUT2D eigenvalue weighted by Gasteiger charge is -2.08. The molecule has 0 aliphatic rings. The second-order valence-corrected chi connectivity index (χ2v) is 5.02. The van der Waals surface area contributed by atoms with E-state index >= 15 is 0 Å². The van der Waals surface area contributed by atoms with Gasteiger partial charge in [0.15, 0.2) is 0 Å². The van der Waals surface area contributed by atoms with Gasteiger partial charge in [0.2, 0.25) is 0 Å². The molecule has 106 valence electrons. The van der Waals surface area contributed by atoms with Crippen molar-refractivity contribution >= 4 is 11.6 Å². The van der Waals surface area contributed by atoms with Crippen LogP contribution in [0.25, 0.3) is 0 Å². The van der Waals surface area contributed by atoms with Gasteiger partial charge in [-0.2, -0.15) is 0 Å². The van der Waals surface area contributed by atoms with E-state index in [0.717, 1.165) is 41.5 Å². The largest absolute Gasteiger partial charge is 0.494 e. The number of hydrogen-bond acceptors (Lipinski definition) is 2.